The lowest BCUT2D eigenvalue weighted by molar-refractivity contribution is -0.128. The zero-order chi connectivity index (χ0) is 26.7. The minimum absolute atomic E-state index is 0.0519. The number of carbonyl (C=O) groups is 2. The Labute approximate surface area is 218 Å². The molecule has 9 nitrogen and oxygen atoms in total. The third kappa shape index (κ3) is 5.80. The van der Waals surface area contributed by atoms with E-state index < -0.39 is 24.1 Å². The third-order valence-electron chi connectivity index (χ3n) is 7.54. The number of aryl methyl sites for hydroxylation is 1. The van der Waals surface area contributed by atoms with Crippen LogP contribution < -0.4 is 10.2 Å². The number of carbonyl (C=O) groups excluding carboxylic acids is 2. The van der Waals surface area contributed by atoms with Crippen molar-refractivity contribution in [2.75, 3.05) is 11.4 Å². The monoisotopic (exact) mass is 506 g/mol. The second-order valence-electron chi connectivity index (χ2n) is 11.3. The Morgan fingerprint density at radius 3 is 2.46 bits per heavy atom. The van der Waals surface area contributed by atoms with Crippen LogP contribution in [0.25, 0.3) is 0 Å². The zero-order valence-electron chi connectivity index (χ0n) is 22.2. The van der Waals surface area contributed by atoms with E-state index in [1.165, 1.54) is 16.1 Å². The fraction of sp³-hybridized carbons (Fsp3) is 0.571. The van der Waals surface area contributed by atoms with Crippen LogP contribution in [0.15, 0.2) is 30.6 Å². The smallest absolute Gasteiger partial charge is 0.251 e. The number of amides is 2. The summed E-state index contributed by atoms with van der Waals surface area (Å²) in [5.74, 6) is -0.686. The Kier molecular flexibility index (Phi) is 7.88. The van der Waals surface area contributed by atoms with Gasteiger partial charge in [-0.15, -0.1) is 0 Å². The number of aliphatic hydroxyl groups excluding tert-OH is 1. The van der Waals surface area contributed by atoms with Crippen molar-refractivity contribution in [2.24, 2.45) is 0 Å². The number of nitrogens with zero attached hydrogens (tertiary/aromatic N) is 4. The van der Waals surface area contributed by atoms with E-state index in [0.717, 1.165) is 37.7 Å². The van der Waals surface area contributed by atoms with Crippen LogP contribution in [0.3, 0.4) is 0 Å². The molecule has 0 bridgehead atoms. The SMILES string of the molecule is Cc1nc[nH]c1C(C(=O)NC1CCCCC1)N(C(=O)C1CC(O)CN1C#N)c1ccc(C(C)(C)C)cc1. The molecule has 1 saturated carbocycles. The van der Waals surface area contributed by atoms with E-state index >= 15 is 0 Å². The van der Waals surface area contributed by atoms with Gasteiger partial charge in [0.15, 0.2) is 12.2 Å². The third-order valence-corrected chi connectivity index (χ3v) is 7.54. The van der Waals surface area contributed by atoms with Crippen LogP contribution in [0.5, 0.6) is 0 Å². The van der Waals surface area contributed by atoms with E-state index in [-0.39, 0.29) is 30.3 Å². The Bertz CT molecular complexity index is 1140. The molecule has 37 heavy (non-hydrogen) atoms. The summed E-state index contributed by atoms with van der Waals surface area (Å²) in [5.41, 5.74) is 2.72. The predicted molar refractivity (Wildman–Crippen MR) is 140 cm³/mol. The predicted octanol–water partition coefficient (Wildman–Crippen LogP) is 3.46. The van der Waals surface area contributed by atoms with Crippen molar-refractivity contribution in [3.8, 4) is 6.19 Å². The maximum absolute atomic E-state index is 14.2. The first-order chi connectivity index (χ1) is 17.6. The first-order valence-corrected chi connectivity index (χ1v) is 13.2. The van der Waals surface area contributed by atoms with E-state index in [9.17, 15) is 20.0 Å². The summed E-state index contributed by atoms with van der Waals surface area (Å²) in [7, 11) is 0. The molecular weight excluding hydrogens is 468 g/mol. The summed E-state index contributed by atoms with van der Waals surface area (Å²) >= 11 is 0. The molecule has 3 unspecified atom stereocenters. The number of H-pyrrole nitrogens is 1. The molecule has 3 N–H and O–H groups in total. The number of benzene rings is 1. The highest BCUT2D eigenvalue weighted by Crippen LogP contribution is 2.34. The van der Waals surface area contributed by atoms with Gasteiger partial charge in [0.05, 0.1) is 30.4 Å². The number of β-amino-alcohol motifs (C(OH)–C–C–N with tert-alkyl or cyclic N) is 1. The van der Waals surface area contributed by atoms with Crippen molar-refractivity contribution < 1.29 is 14.7 Å². The van der Waals surface area contributed by atoms with E-state index in [1.54, 1.807) is 6.92 Å². The van der Waals surface area contributed by atoms with Gasteiger partial charge in [-0.05, 0) is 42.9 Å². The van der Waals surface area contributed by atoms with E-state index in [1.807, 2.05) is 30.5 Å². The standard InChI is InChI=1S/C28H38N6O3/c1-18-24(31-17-30-18)25(26(36)32-20-8-6-5-7-9-20)34(21-12-10-19(11-13-21)28(2,3)4)27(37)23-14-22(35)15-33(23)16-29/h10-13,17,20,22-23,25,35H,5-9,14-15H2,1-4H3,(H,30,31)(H,32,36). The van der Waals surface area contributed by atoms with Crippen molar-refractivity contribution in [1.82, 2.24) is 20.2 Å². The second kappa shape index (κ2) is 10.9. The largest absolute Gasteiger partial charge is 0.391 e. The molecule has 1 aliphatic heterocycles. The van der Waals surface area contributed by atoms with E-state index in [2.05, 4.69) is 36.1 Å². The van der Waals surface area contributed by atoms with Gasteiger partial charge < -0.3 is 15.4 Å². The molecule has 2 aliphatic rings. The van der Waals surface area contributed by atoms with Crippen molar-refractivity contribution in [1.29, 1.82) is 5.26 Å². The Morgan fingerprint density at radius 1 is 1.22 bits per heavy atom. The van der Waals surface area contributed by atoms with Gasteiger partial charge in [-0.2, -0.15) is 5.26 Å². The minimum atomic E-state index is -1.00. The van der Waals surface area contributed by atoms with Crippen LogP contribution in [-0.4, -0.2) is 56.5 Å². The fourth-order valence-corrected chi connectivity index (χ4v) is 5.40. The lowest BCUT2D eigenvalue weighted by Crippen LogP contribution is -2.52. The summed E-state index contributed by atoms with van der Waals surface area (Å²) in [6.07, 6.45) is 8.01. The summed E-state index contributed by atoms with van der Waals surface area (Å²) < 4.78 is 0. The molecule has 3 atom stereocenters. The van der Waals surface area contributed by atoms with Crippen LogP contribution in [0, 0.1) is 18.4 Å². The Balaban J connectivity index is 1.79. The van der Waals surface area contributed by atoms with Gasteiger partial charge >= 0.3 is 0 Å². The molecule has 0 radical (unpaired) electrons. The average Bonchev–Trinajstić information content (AvgIpc) is 3.47. The molecule has 2 fully saturated rings. The van der Waals surface area contributed by atoms with Gasteiger partial charge in [0.25, 0.3) is 5.91 Å². The summed E-state index contributed by atoms with van der Waals surface area (Å²) in [5, 5.41) is 23.1. The number of hydrogen-bond acceptors (Lipinski definition) is 6. The Hall–Kier alpha value is -3.38. The average molecular weight is 507 g/mol. The maximum atomic E-state index is 14.2. The Morgan fingerprint density at radius 2 is 1.89 bits per heavy atom. The second-order valence-corrected chi connectivity index (χ2v) is 11.3. The van der Waals surface area contributed by atoms with Gasteiger partial charge in [0, 0.05) is 18.2 Å². The molecule has 1 aliphatic carbocycles. The van der Waals surface area contributed by atoms with Gasteiger partial charge in [-0.25, -0.2) is 4.98 Å². The molecule has 2 heterocycles. The zero-order valence-corrected chi connectivity index (χ0v) is 22.2. The lowest BCUT2D eigenvalue weighted by atomic mass is 9.87. The van der Waals surface area contributed by atoms with Crippen molar-refractivity contribution in [3.05, 3.63) is 47.5 Å². The highest BCUT2D eigenvalue weighted by Gasteiger charge is 2.43. The van der Waals surface area contributed by atoms with E-state index in [4.69, 9.17) is 0 Å². The van der Waals surface area contributed by atoms with Gasteiger partial charge in [0.2, 0.25) is 5.91 Å². The number of anilines is 1. The molecule has 4 rings (SSSR count). The summed E-state index contributed by atoms with van der Waals surface area (Å²) in [6, 6.07) is 5.83. The molecule has 1 aromatic heterocycles. The number of rotatable bonds is 6. The molecular formula is C28H38N6O3. The van der Waals surface area contributed by atoms with Gasteiger partial charge in [-0.1, -0.05) is 52.2 Å². The number of likely N-dealkylation sites (tertiary alicyclic amines) is 1. The highest BCUT2D eigenvalue weighted by molar-refractivity contribution is 6.04. The quantitative estimate of drug-likeness (QED) is 0.515. The molecule has 2 amide bonds. The molecule has 9 heteroatoms. The maximum Gasteiger partial charge on any atom is 0.251 e. The first kappa shape index (κ1) is 26.7. The fourth-order valence-electron chi connectivity index (χ4n) is 5.40. The number of aliphatic hydroxyl groups is 1. The number of imidazole rings is 1. The number of nitriles is 1. The first-order valence-electron chi connectivity index (χ1n) is 13.2. The summed E-state index contributed by atoms with van der Waals surface area (Å²) in [6.45, 7) is 8.24. The van der Waals surface area contributed by atoms with Crippen LogP contribution >= 0.6 is 0 Å². The number of nitrogens with one attached hydrogen (secondary N) is 2. The normalized spacial score (nSPS) is 21.4. The van der Waals surface area contributed by atoms with Gasteiger partial charge in [0.1, 0.15) is 6.04 Å². The molecule has 198 valence electrons. The summed E-state index contributed by atoms with van der Waals surface area (Å²) in [4.78, 5) is 38.3. The van der Waals surface area contributed by atoms with Crippen LogP contribution in [-0.2, 0) is 15.0 Å². The molecule has 1 aromatic carbocycles. The lowest BCUT2D eigenvalue weighted by Gasteiger charge is -2.35. The van der Waals surface area contributed by atoms with Crippen LogP contribution in [0.4, 0.5) is 5.69 Å². The highest BCUT2D eigenvalue weighted by atomic mass is 16.3. The van der Waals surface area contributed by atoms with Crippen LogP contribution in [0.2, 0.25) is 0 Å². The van der Waals surface area contributed by atoms with Crippen molar-refractivity contribution in [2.45, 2.75) is 95.9 Å². The van der Waals surface area contributed by atoms with Crippen LogP contribution in [0.1, 0.15) is 82.3 Å². The number of hydrogen-bond donors (Lipinski definition) is 3. The number of aromatic amines is 1. The minimum Gasteiger partial charge on any atom is -0.391 e. The van der Waals surface area contributed by atoms with Crippen molar-refractivity contribution >= 4 is 17.5 Å². The molecule has 0 spiro atoms. The molecule has 1 saturated heterocycles. The van der Waals surface area contributed by atoms with E-state index in [0.29, 0.717) is 17.1 Å². The van der Waals surface area contributed by atoms with Crippen molar-refractivity contribution in [3.63, 3.8) is 0 Å². The number of aromatic nitrogens is 2. The molecule has 2 aromatic rings. The van der Waals surface area contributed by atoms with Gasteiger partial charge in [-0.3, -0.25) is 19.4 Å². The topological polar surface area (TPSA) is 125 Å².